The van der Waals surface area contributed by atoms with Crippen LogP contribution in [0.25, 0.3) is 0 Å². The average molecular weight is 317 g/mol. The van der Waals surface area contributed by atoms with Gasteiger partial charge in [-0.1, -0.05) is 55.5 Å². The summed E-state index contributed by atoms with van der Waals surface area (Å²) in [5, 5.41) is 0. The second-order valence-electron chi connectivity index (χ2n) is 5.90. The molecule has 0 radical (unpaired) electrons. The van der Waals surface area contributed by atoms with Crippen LogP contribution in [-0.2, 0) is 16.4 Å². The van der Waals surface area contributed by atoms with E-state index in [4.69, 9.17) is 0 Å². The molecule has 0 bridgehead atoms. The maximum absolute atomic E-state index is 11.5. The highest BCUT2D eigenvalue weighted by atomic mass is 32.2. The number of anilines is 1. The van der Waals surface area contributed by atoms with Crippen LogP contribution >= 0.6 is 0 Å². The Hall–Kier alpha value is -1.81. The normalized spacial score (nSPS) is 12.8. The van der Waals surface area contributed by atoms with Crippen LogP contribution in [0.3, 0.4) is 0 Å². The first-order valence-electron chi connectivity index (χ1n) is 7.46. The first kappa shape index (κ1) is 16.6. The number of hydrogen-bond acceptors (Lipinski definition) is 3. The van der Waals surface area contributed by atoms with Gasteiger partial charge in [0.05, 0.1) is 5.75 Å². The Morgan fingerprint density at radius 3 is 2.05 bits per heavy atom. The van der Waals surface area contributed by atoms with Gasteiger partial charge in [0.15, 0.2) is 0 Å². The van der Waals surface area contributed by atoms with Crippen LogP contribution in [0.2, 0.25) is 0 Å². The third kappa shape index (κ3) is 5.53. The molecular weight excluding hydrogens is 294 g/mol. The van der Waals surface area contributed by atoms with Gasteiger partial charge in [0.1, 0.15) is 9.84 Å². The Balaban J connectivity index is 2.15. The Morgan fingerprint density at radius 2 is 1.50 bits per heavy atom. The zero-order valence-corrected chi connectivity index (χ0v) is 14.0. The molecule has 0 amide bonds. The summed E-state index contributed by atoms with van der Waals surface area (Å²) in [6, 6.07) is 20.4. The van der Waals surface area contributed by atoms with Crippen molar-refractivity contribution in [2.45, 2.75) is 13.5 Å². The molecule has 0 fully saturated rings. The van der Waals surface area contributed by atoms with Gasteiger partial charge in [-0.3, -0.25) is 0 Å². The molecule has 1 unspecified atom stereocenters. The average Bonchev–Trinajstić information content (AvgIpc) is 2.47. The standard InChI is InChI=1S/C18H23NO2S/c1-16(15-22(2,20)21)13-19(18-11-7-4-8-12-18)14-17-9-5-3-6-10-17/h3-12,16H,13-15H2,1-2H3. The van der Waals surface area contributed by atoms with Crippen LogP contribution < -0.4 is 4.90 Å². The quantitative estimate of drug-likeness (QED) is 0.785. The van der Waals surface area contributed by atoms with Crippen LogP contribution in [0.1, 0.15) is 12.5 Å². The largest absolute Gasteiger partial charge is 0.367 e. The molecule has 1 atom stereocenters. The molecule has 118 valence electrons. The van der Waals surface area contributed by atoms with E-state index in [2.05, 4.69) is 29.2 Å². The number of benzene rings is 2. The second kappa shape index (κ2) is 7.45. The monoisotopic (exact) mass is 317 g/mol. The van der Waals surface area contributed by atoms with Crippen LogP contribution in [0, 0.1) is 5.92 Å². The Kier molecular flexibility index (Phi) is 5.61. The van der Waals surface area contributed by atoms with Gasteiger partial charge in [-0.15, -0.1) is 0 Å². The molecule has 0 N–H and O–H groups in total. The topological polar surface area (TPSA) is 37.4 Å². The lowest BCUT2D eigenvalue weighted by molar-refractivity contribution is 0.567. The van der Waals surface area contributed by atoms with E-state index in [-0.39, 0.29) is 11.7 Å². The lowest BCUT2D eigenvalue weighted by atomic mass is 10.1. The van der Waals surface area contributed by atoms with E-state index in [0.29, 0.717) is 6.54 Å². The summed E-state index contributed by atoms with van der Waals surface area (Å²) in [4.78, 5) is 2.24. The lowest BCUT2D eigenvalue weighted by Crippen LogP contribution is -2.31. The van der Waals surface area contributed by atoms with Crippen molar-refractivity contribution in [3.05, 3.63) is 66.2 Å². The zero-order chi connectivity index (χ0) is 16.0. The van der Waals surface area contributed by atoms with Gasteiger partial charge >= 0.3 is 0 Å². The van der Waals surface area contributed by atoms with Crippen molar-refractivity contribution in [1.82, 2.24) is 0 Å². The molecule has 0 saturated carbocycles. The van der Waals surface area contributed by atoms with Crippen molar-refractivity contribution in [2.75, 3.05) is 23.5 Å². The number of hydrogen-bond donors (Lipinski definition) is 0. The van der Waals surface area contributed by atoms with Crippen LogP contribution in [0.5, 0.6) is 0 Å². The SMILES string of the molecule is CC(CN(Cc1ccccc1)c1ccccc1)CS(C)(=O)=O. The molecule has 0 spiro atoms. The molecule has 0 heterocycles. The minimum atomic E-state index is -2.95. The highest BCUT2D eigenvalue weighted by Crippen LogP contribution is 2.19. The molecule has 0 aliphatic rings. The van der Waals surface area contributed by atoms with Gasteiger partial charge in [-0.2, -0.15) is 0 Å². The van der Waals surface area contributed by atoms with Gasteiger partial charge < -0.3 is 4.90 Å². The fourth-order valence-electron chi connectivity index (χ4n) is 2.65. The molecule has 0 saturated heterocycles. The van der Waals surface area contributed by atoms with Crippen molar-refractivity contribution in [3.63, 3.8) is 0 Å². The van der Waals surface area contributed by atoms with E-state index in [0.717, 1.165) is 12.2 Å². The molecular formula is C18H23NO2S. The van der Waals surface area contributed by atoms with Crippen molar-refractivity contribution < 1.29 is 8.42 Å². The Labute approximate surface area is 133 Å². The van der Waals surface area contributed by atoms with Gasteiger partial charge in [0.2, 0.25) is 0 Å². The van der Waals surface area contributed by atoms with Gasteiger partial charge in [-0.25, -0.2) is 8.42 Å². The zero-order valence-electron chi connectivity index (χ0n) is 13.1. The molecule has 2 aromatic rings. The number of para-hydroxylation sites is 1. The molecule has 0 aliphatic carbocycles. The minimum absolute atomic E-state index is 0.0823. The van der Waals surface area contributed by atoms with Crippen LogP contribution in [-0.4, -0.2) is 27.0 Å². The molecule has 0 aliphatic heterocycles. The fraction of sp³-hybridized carbons (Fsp3) is 0.333. The third-order valence-electron chi connectivity index (χ3n) is 3.46. The van der Waals surface area contributed by atoms with Crippen molar-refractivity contribution in [2.24, 2.45) is 5.92 Å². The number of rotatable bonds is 7. The molecule has 2 rings (SSSR count). The van der Waals surface area contributed by atoms with Crippen molar-refractivity contribution >= 4 is 15.5 Å². The highest BCUT2D eigenvalue weighted by molar-refractivity contribution is 7.90. The van der Waals surface area contributed by atoms with E-state index in [1.807, 2.05) is 43.3 Å². The molecule has 22 heavy (non-hydrogen) atoms. The summed E-state index contributed by atoms with van der Waals surface area (Å²) in [6.45, 7) is 3.48. The first-order chi connectivity index (χ1) is 10.4. The minimum Gasteiger partial charge on any atom is -0.367 e. The molecule has 2 aromatic carbocycles. The highest BCUT2D eigenvalue weighted by Gasteiger charge is 2.15. The molecule has 4 heteroatoms. The van der Waals surface area contributed by atoms with Crippen molar-refractivity contribution in [3.8, 4) is 0 Å². The van der Waals surface area contributed by atoms with Gasteiger partial charge in [0.25, 0.3) is 0 Å². The second-order valence-corrected chi connectivity index (χ2v) is 8.08. The maximum atomic E-state index is 11.5. The fourth-order valence-corrected chi connectivity index (χ4v) is 3.79. The van der Waals surface area contributed by atoms with Crippen molar-refractivity contribution in [1.29, 1.82) is 0 Å². The van der Waals surface area contributed by atoms with Gasteiger partial charge in [0, 0.05) is 25.0 Å². The van der Waals surface area contributed by atoms with E-state index < -0.39 is 9.84 Å². The summed E-state index contributed by atoms with van der Waals surface area (Å²) < 4.78 is 23.0. The van der Waals surface area contributed by atoms with E-state index >= 15 is 0 Å². The van der Waals surface area contributed by atoms with Gasteiger partial charge in [-0.05, 0) is 23.6 Å². The Morgan fingerprint density at radius 1 is 0.955 bits per heavy atom. The van der Waals surface area contributed by atoms with E-state index in [1.54, 1.807) is 0 Å². The molecule has 3 nitrogen and oxygen atoms in total. The smallest absolute Gasteiger partial charge is 0.147 e. The predicted molar refractivity (Wildman–Crippen MR) is 92.8 cm³/mol. The number of sulfone groups is 1. The Bertz CT molecular complexity index is 669. The summed E-state index contributed by atoms with van der Waals surface area (Å²) in [7, 11) is -2.95. The van der Waals surface area contributed by atoms with E-state index in [9.17, 15) is 8.42 Å². The summed E-state index contributed by atoms with van der Waals surface area (Å²) >= 11 is 0. The summed E-state index contributed by atoms with van der Waals surface area (Å²) in [5.41, 5.74) is 2.34. The first-order valence-corrected chi connectivity index (χ1v) is 9.52. The summed E-state index contributed by atoms with van der Waals surface area (Å²) in [5.74, 6) is 0.296. The van der Waals surface area contributed by atoms with E-state index in [1.165, 1.54) is 11.8 Å². The lowest BCUT2D eigenvalue weighted by Gasteiger charge is -2.28. The third-order valence-corrected chi connectivity index (χ3v) is 4.63. The van der Waals surface area contributed by atoms with Crippen LogP contribution in [0.4, 0.5) is 5.69 Å². The maximum Gasteiger partial charge on any atom is 0.147 e. The summed E-state index contributed by atoms with van der Waals surface area (Å²) in [6.07, 6.45) is 1.30. The predicted octanol–water partition coefficient (Wildman–Crippen LogP) is 3.37. The van der Waals surface area contributed by atoms with Crippen LogP contribution in [0.15, 0.2) is 60.7 Å². The molecule has 0 aromatic heterocycles. The number of nitrogens with zero attached hydrogens (tertiary/aromatic N) is 1.